The summed E-state index contributed by atoms with van der Waals surface area (Å²) in [6.45, 7) is 0.311. The quantitative estimate of drug-likeness (QED) is 0.705. The Balaban J connectivity index is 1.91. The Morgan fingerprint density at radius 2 is 2.33 bits per heavy atom. The van der Waals surface area contributed by atoms with E-state index in [4.69, 9.17) is 5.11 Å². The number of nitrogens with zero attached hydrogens (tertiary/aromatic N) is 2. The van der Waals surface area contributed by atoms with Gasteiger partial charge in [0.2, 0.25) is 5.91 Å². The van der Waals surface area contributed by atoms with Crippen molar-refractivity contribution in [3.8, 4) is 0 Å². The molecule has 0 radical (unpaired) electrons. The number of nitrogens with one attached hydrogen (secondary N) is 2. The van der Waals surface area contributed by atoms with Crippen molar-refractivity contribution < 1.29 is 14.7 Å². The normalized spacial score (nSPS) is 10.2. The first kappa shape index (κ1) is 11.9. The fourth-order valence-electron chi connectivity index (χ4n) is 1.53. The van der Waals surface area contributed by atoms with E-state index in [1.54, 1.807) is 18.5 Å². The average Bonchev–Trinajstić information content (AvgIpc) is 2.96. The van der Waals surface area contributed by atoms with Crippen molar-refractivity contribution in [3.63, 3.8) is 0 Å². The lowest BCUT2D eigenvalue weighted by atomic mass is 10.4. The second kappa shape index (κ2) is 5.17. The predicted octanol–water partition coefficient (Wildman–Crippen LogP) is 0.226. The lowest BCUT2D eigenvalue weighted by Gasteiger charge is -2.06. The molecule has 7 nitrogen and oxygen atoms in total. The number of hydrogen-bond donors (Lipinski definition) is 3. The highest BCUT2D eigenvalue weighted by Crippen LogP contribution is 2.02. The van der Waals surface area contributed by atoms with E-state index >= 15 is 0 Å². The van der Waals surface area contributed by atoms with Gasteiger partial charge in [-0.15, -0.1) is 0 Å². The van der Waals surface area contributed by atoms with Gasteiger partial charge in [0, 0.05) is 12.4 Å². The monoisotopic (exact) mass is 248 g/mol. The standard InChI is InChI=1S/C11H12N4O3/c16-10(13-5-8-4-12-7-14-8)6-15-3-1-2-9(15)11(17)18/h1-4,7H,5-6H2,(H,12,14)(H,13,16)(H,17,18). The van der Waals surface area contributed by atoms with Gasteiger partial charge in [-0.25, -0.2) is 9.78 Å². The molecule has 3 N–H and O–H groups in total. The molecule has 0 bridgehead atoms. The highest BCUT2D eigenvalue weighted by atomic mass is 16.4. The summed E-state index contributed by atoms with van der Waals surface area (Å²) in [7, 11) is 0. The van der Waals surface area contributed by atoms with Gasteiger partial charge in [0.05, 0.1) is 18.6 Å². The van der Waals surface area contributed by atoms with E-state index in [0.29, 0.717) is 6.54 Å². The second-order valence-electron chi connectivity index (χ2n) is 3.68. The minimum absolute atomic E-state index is 0.0250. The molecule has 7 heteroatoms. The smallest absolute Gasteiger partial charge is 0.352 e. The van der Waals surface area contributed by atoms with Crippen LogP contribution in [0.1, 0.15) is 16.2 Å². The third kappa shape index (κ3) is 2.76. The molecule has 0 aromatic carbocycles. The SMILES string of the molecule is O=C(Cn1cccc1C(=O)O)NCc1cnc[nH]1. The first-order valence-corrected chi connectivity index (χ1v) is 5.29. The molecule has 0 saturated carbocycles. The number of hydrogen-bond acceptors (Lipinski definition) is 3. The molecular weight excluding hydrogens is 236 g/mol. The van der Waals surface area contributed by atoms with Crippen molar-refractivity contribution >= 4 is 11.9 Å². The summed E-state index contributed by atoms with van der Waals surface area (Å²) in [6, 6.07) is 3.04. The molecule has 2 heterocycles. The molecular formula is C11H12N4O3. The molecule has 0 aliphatic heterocycles. The molecule has 0 spiro atoms. The van der Waals surface area contributed by atoms with Crippen LogP contribution in [0.5, 0.6) is 0 Å². The van der Waals surface area contributed by atoms with E-state index < -0.39 is 5.97 Å². The third-order valence-electron chi connectivity index (χ3n) is 2.39. The van der Waals surface area contributed by atoms with Crippen LogP contribution in [-0.4, -0.2) is 31.5 Å². The van der Waals surface area contributed by atoms with Gasteiger partial charge in [-0.2, -0.15) is 0 Å². The number of aromatic carboxylic acids is 1. The Kier molecular flexibility index (Phi) is 3.42. The Morgan fingerprint density at radius 1 is 1.50 bits per heavy atom. The fraction of sp³-hybridized carbons (Fsp3) is 0.182. The highest BCUT2D eigenvalue weighted by Gasteiger charge is 2.11. The number of carboxylic acids is 1. The van der Waals surface area contributed by atoms with Gasteiger partial charge in [0.25, 0.3) is 0 Å². The van der Waals surface area contributed by atoms with Crippen molar-refractivity contribution in [3.05, 3.63) is 42.2 Å². The summed E-state index contributed by atoms with van der Waals surface area (Å²) in [5.41, 5.74) is 0.876. The van der Waals surface area contributed by atoms with Crippen LogP contribution in [0.3, 0.4) is 0 Å². The zero-order valence-corrected chi connectivity index (χ0v) is 9.46. The van der Waals surface area contributed by atoms with Crippen LogP contribution >= 0.6 is 0 Å². The fourth-order valence-corrected chi connectivity index (χ4v) is 1.53. The van der Waals surface area contributed by atoms with E-state index in [-0.39, 0.29) is 18.1 Å². The molecule has 2 rings (SSSR count). The number of aromatic nitrogens is 3. The summed E-state index contributed by atoms with van der Waals surface area (Å²) in [5.74, 6) is -1.32. The number of amides is 1. The van der Waals surface area contributed by atoms with Crippen molar-refractivity contribution in [1.29, 1.82) is 0 Å². The summed E-state index contributed by atoms with van der Waals surface area (Å²) in [5, 5.41) is 11.5. The van der Waals surface area contributed by atoms with Crippen molar-refractivity contribution in [2.24, 2.45) is 0 Å². The average molecular weight is 248 g/mol. The van der Waals surface area contributed by atoms with Crippen LogP contribution in [0.4, 0.5) is 0 Å². The van der Waals surface area contributed by atoms with Crippen LogP contribution in [0.2, 0.25) is 0 Å². The maximum atomic E-state index is 11.6. The Labute approximate surface area is 102 Å². The Morgan fingerprint density at radius 3 is 3.00 bits per heavy atom. The predicted molar refractivity (Wildman–Crippen MR) is 61.8 cm³/mol. The van der Waals surface area contributed by atoms with Gasteiger partial charge in [0.1, 0.15) is 12.2 Å². The minimum Gasteiger partial charge on any atom is -0.477 e. The van der Waals surface area contributed by atoms with E-state index in [0.717, 1.165) is 5.69 Å². The molecule has 0 aliphatic rings. The zero-order chi connectivity index (χ0) is 13.0. The summed E-state index contributed by atoms with van der Waals surface area (Å²) in [6.07, 6.45) is 4.69. The maximum absolute atomic E-state index is 11.6. The molecule has 0 saturated heterocycles. The first-order valence-electron chi connectivity index (χ1n) is 5.29. The number of imidazole rings is 1. The molecule has 94 valence electrons. The molecule has 0 aliphatic carbocycles. The number of carbonyl (C=O) groups excluding carboxylic acids is 1. The summed E-state index contributed by atoms with van der Waals surface area (Å²) in [4.78, 5) is 29.1. The summed E-state index contributed by atoms with van der Waals surface area (Å²) < 4.78 is 1.38. The largest absolute Gasteiger partial charge is 0.477 e. The van der Waals surface area contributed by atoms with Crippen LogP contribution < -0.4 is 5.32 Å². The maximum Gasteiger partial charge on any atom is 0.352 e. The van der Waals surface area contributed by atoms with Crippen molar-refractivity contribution in [2.75, 3.05) is 0 Å². The topological polar surface area (TPSA) is 100 Å². The van der Waals surface area contributed by atoms with E-state index in [2.05, 4.69) is 15.3 Å². The molecule has 0 fully saturated rings. The number of carbonyl (C=O) groups is 2. The van der Waals surface area contributed by atoms with Gasteiger partial charge in [-0.1, -0.05) is 0 Å². The van der Waals surface area contributed by atoms with Crippen LogP contribution in [0.15, 0.2) is 30.9 Å². The van der Waals surface area contributed by atoms with E-state index in [1.807, 2.05) is 0 Å². The molecule has 0 atom stereocenters. The third-order valence-corrected chi connectivity index (χ3v) is 2.39. The number of carboxylic acid groups (broad SMARTS) is 1. The molecule has 1 amide bonds. The molecule has 2 aromatic heterocycles. The van der Waals surface area contributed by atoms with Gasteiger partial charge < -0.3 is 20.0 Å². The number of H-pyrrole nitrogens is 1. The zero-order valence-electron chi connectivity index (χ0n) is 9.46. The van der Waals surface area contributed by atoms with Crippen LogP contribution in [-0.2, 0) is 17.9 Å². The molecule has 18 heavy (non-hydrogen) atoms. The van der Waals surface area contributed by atoms with Gasteiger partial charge in [0.15, 0.2) is 0 Å². The van der Waals surface area contributed by atoms with Gasteiger partial charge in [-0.3, -0.25) is 4.79 Å². The minimum atomic E-state index is -1.05. The van der Waals surface area contributed by atoms with E-state index in [1.165, 1.54) is 17.0 Å². The van der Waals surface area contributed by atoms with Gasteiger partial charge >= 0.3 is 5.97 Å². The molecule has 2 aromatic rings. The van der Waals surface area contributed by atoms with Crippen molar-refractivity contribution in [1.82, 2.24) is 19.9 Å². The molecule has 0 unspecified atom stereocenters. The Hall–Kier alpha value is -2.57. The summed E-state index contributed by atoms with van der Waals surface area (Å²) >= 11 is 0. The Bertz CT molecular complexity index is 544. The lowest BCUT2D eigenvalue weighted by molar-refractivity contribution is -0.121. The lowest BCUT2D eigenvalue weighted by Crippen LogP contribution is -2.28. The van der Waals surface area contributed by atoms with Crippen molar-refractivity contribution in [2.45, 2.75) is 13.1 Å². The van der Waals surface area contributed by atoms with Crippen LogP contribution in [0, 0.1) is 0 Å². The van der Waals surface area contributed by atoms with Gasteiger partial charge in [-0.05, 0) is 12.1 Å². The number of rotatable bonds is 5. The first-order chi connectivity index (χ1) is 8.66. The number of aromatic amines is 1. The van der Waals surface area contributed by atoms with E-state index in [9.17, 15) is 9.59 Å². The second-order valence-corrected chi connectivity index (χ2v) is 3.68. The highest BCUT2D eigenvalue weighted by molar-refractivity contribution is 5.86. The van der Waals surface area contributed by atoms with Crippen LogP contribution in [0.25, 0.3) is 0 Å².